The van der Waals surface area contributed by atoms with Crippen molar-refractivity contribution in [3.8, 4) is 0 Å². The highest BCUT2D eigenvalue weighted by Crippen LogP contribution is 2.34. The van der Waals surface area contributed by atoms with Gasteiger partial charge in [0.1, 0.15) is 5.82 Å². The van der Waals surface area contributed by atoms with Crippen molar-refractivity contribution in [2.24, 2.45) is 0 Å². The summed E-state index contributed by atoms with van der Waals surface area (Å²) in [5, 5.41) is 0.994. The van der Waals surface area contributed by atoms with Crippen LogP contribution in [0.3, 0.4) is 0 Å². The van der Waals surface area contributed by atoms with Gasteiger partial charge in [-0.05, 0) is 29.3 Å². The third-order valence-corrected chi connectivity index (χ3v) is 3.91. The minimum absolute atomic E-state index is 0.129. The zero-order valence-electron chi connectivity index (χ0n) is 10.4. The zero-order chi connectivity index (χ0) is 14.3. The SMILES string of the molecule is O=C1Cc2cccc(F)c2N1Cc1ccc(Cl)cc1Cl. The molecule has 1 heterocycles. The molecule has 0 saturated carbocycles. The normalized spacial score (nSPS) is 13.8. The van der Waals surface area contributed by atoms with E-state index in [1.165, 1.54) is 11.0 Å². The number of anilines is 1. The smallest absolute Gasteiger partial charge is 0.231 e. The van der Waals surface area contributed by atoms with Crippen molar-refractivity contribution in [1.29, 1.82) is 0 Å². The number of para-hydroxylation sites is 1. The number of benzene rings is 2. The highest BCUT2D eigenvalue weighted by atomic mass is 35.5. The van der Waals surface area contributed by atoms with E-state index in [9.17, 15) is 9.18 Å². The van der Waals surface area contributed by atoms with Crippen LogP contribution in [0.1, 0.15) is 11.1 Å². The number of carbonyl (C=O) groups excluding carboxylic acids is 1. The Morgan fingerprint density at radius 2 is 2.00 bits per heavy atom. The molecule has 0 aliphatic carbocycles. The van der Waals surface area contributed by atoms with Crippen molar-refractivity contribution >= 4 is 34.8 Å². The maximum Gasteiger partial charge on any atom is 0.231 e. The van der Waals surface area contributed by atoms with Gasteiger partial charge in [-0.25, -0.2) is 4.39 Å². The van der Waals surface area contributed by atoms with Crippen LogP contribution in [0.15, 0.2) is 36.4 Å². The van der Waals surface area contributed by atoms with E-state index >= 15 is 0 Å². The summed E-state index contributed by atoms with van der Waals surface area (Å²) in [4.78, 5) is 13.5. The fourth-order valence-electron chi connectivity index (χ4n) is 2.38. The molecule has 1 amide bonds. The van der Waals surface area contributed by atoms with Gasteiger partial charge >= 0.3 is 0 Å². The molecule has 102 valence electrons. The van der Waals surface area contributed by atoms with Crippen molar-refractivity contribution in [1.82, 2.24) is 0 Å². The molecule has 2 aromatic rings. The Morgan fingerprint density at radius 1 is 1.20 bits per heavy atom. The molecular formula is C15H10Cl2FNO. The van der Waals surface area contributed by atoms with Gasteiger partial charge in [-0.2, -0.15) is 0 Å². The molecule has 0 aromatic heterocycles. The molecule has 2 aromatic carbocycles. The molecule has 0 fully saturated rings. The first kappa shape index (κ1) is 13.4. The van der Waals surface area contributed by atoms with Gasteiger partial charge in [-0.3, -0.25) is 4.79 Å². The van der Waals surface area contributed by atoms with E-state index in [0.29, 0.717) is 21.3 Å². The summed E-state index contributed by atoms with van der Waals surface area (Å²) in [5.41, 5.74) is 1.80. The van der Waals surface area contributed by atoms with Crippen molar-refractivity contribution < 1.29 is 9.18 Å². The van der Waals surface area contributed by atoms with Crippen LogP contribution in [0.25, 0.3) is 0 Å². The average molecular weight is 310 g/mol. The van der Waals surface area contributed by atoms with Crippen molar-refractivity contribution in [2.45, 2.75) is 13.0 Å². The molecule has 20 heavy (non-hydrogen) atoms. The number of halogens is 3. The number of amides is 1. The predicted molar refractivity (Wildman–Crippen MR) is 77.8 cm³/mol. The Balaban J connectivity index is 1.98. The summed E-state index contributed by atoms with van der Waals surface area (Å²) < 4.78 is 13.9. The van der Waals surface area contributed by atoms with Gasteiger partial charge in [0.2, 0.25) is 5.91 Å². The molecule has 0 radical (unpaired) electrons. The predicted octanol–water partition coefficient (Wildman–Crippen LogP) is 4.22. The molecule has 0 spiro atoms. The number of nitrogens with zero attached hydrogens (tertiary/aromatic N) is 1. The number of hydrogen-bond donors (Lipinski definition) is 0. The number of rotatable bonds is 2. The van der Waals surface area contributed by atoms with Crippen LogP contribution < -0.4 is 4.90 Å². The minimum atomic E-state index is -0.390. The molecular weight excluding hydrogens is 300 g/mol. The molecule has 0 bridgehead atoms. The van der Waals surface area contributed by atoms with Gasteiger partial charge < -0.3 is 4.90 Å². The van der Waals surface area contributed by atoms with E-state index in [-0.39, 0.29) is 18.9 Å². The second-order valence-electron chi connectivity index (χ2n) is 4.64. The van der Waals surface area contributed by atoms with Crippen LogP contribution in [-0.4, -0.2) is 5.91 Å². The number of carbonyl (C=O) groups is 1. The topological polar surface area (TPSA) is 20.3 Å². The van der Waals surface area contributed by atoms with Crippen LogP contribution in [0.5, 0.6) is 0 Å². The van der Waals surface area contributed by atoms with E-state index in [2.05, 4.69) is 0 Å². The summed E-state index contributed by atoms with van der Waals surface area (Å²) in [6.07, 6.45) is 0.221. The van der Waals surface area contributed by atoms with Gasteiger partial charge in [-0.1, -0.05) is 41.4 Å². The average Bonchev–Trinajstić information content (AvgIpc) is 2.70. The van der Waals surface area contributed by atoms with Gasteiger partial charge in [0.25, 0.3) is 0 Å². The largest absolute Gasteiger partial charge is 0.305 e. The summed E-state index contributed by atoms with van der Waals surface area (Å²) >= 11 is 11.9. The van der Waals surface area contributed by atoms with Crippen molar-refractivity contribution in [3.63, 3.8) is 0 Å². The number of fused-ring (bicyclic) bond motifs is 1. The van der Waals surface area contributed by atoms with Crippen molar-refractivity contribution in [3.05, 3.63) is 63.4 Å². The monoisotopic (exact) mass is 309 g/mol. The standard InChI is InChI=1S/C15H10Cl2FNO/c16-11-5-4-10(12(17)7-11)8-19-14(20)6-9-2-1-3-13(18)15(9)19/h1-5,7H,6,8H2. The minimum Gasteiger partial charge on any atom is -0.305 e. The van der Waals surface area contributed by atoms with Gasteiger partial charge in [0.05, 0.1) is 18.7 Å². The second kappa shape index (κ2) is 5.08. The Morgan fingerprint density at radius 3 is 2.75 bits per heavy atom. The fraction of sp³-hybridized carbons (Fsp3) is 0.133. The lowest BCUT2D eigenvalue weighted by Crippen LogP contribution is -2.26. The maximum absolute atomic E-state index is 13.9. The molecule has 3 rings (SSSR count). The first-order valence-corrected chi connectivity index (χ1v) is 6.83. The van der Waals surface area contributed by atoms with Crippen LogP contribution in [0.2, 0.25) is 10.0 Å². The van der Waals surface area contributed by atoms with E-state index < -0.39 is 5.82 Å². The van der Waals surface area contributed by atoms with Crippen LogP contribution in [0.4, 0.5) is 10.1 Å². The lowest BCUT2D eigenvalue weighted by molar-refractivity contribution is -0.117. The Kier molecular flexibility index (Phi) is 3.40. The summed E-state index contributed by atoms with van der Waals surface area (Å²) in [7, 11) is 0. The van der Waals surface area contributed by atoms with Crippen molar-refractivity contribution in [2.75, 3.05) is 4.90 Å². The highest BCUT2D eigenvalue weighted by molar-refractivity contribution is 6.35. The first-order valence-electron chi connectivity index (χ1n) is 6.08. The molecule has 1 aliphatic rings. The van der Waals surface area contributed by atoms with Gasteiger partial charge in [0, 0.05) is 10.0 Å². The fourth-order valence-corrected chi connectivity index (χ4v) is 2.84. The quantitative estimate of drug-likeness (QED) is 0.813. The summed E-state index contributed by atoms with van der Waals surface area (Å²) in [6.45, 7) is 0.239. The Hall–Kier alpha value is -1.58. The Labute approximate surface area is 125 Å². The Bertz CT molecular complexity index is 702. The maximum atomic E-state index is 13.9. The van der Waals surface area contributed by atoms with E-state index in [1.54, 1.807) is 30.3 Å². The third kappa shape index (κ3) is 2.28. The first-order chi connectivity index (χ1) is 9.56. The lowest BCUT2D eigenvalue weighted by atomic mass is 10.1. The molecule has 0 N–H and O–H groups in total. The lowest BCUT2D eigenvalue weighted by Gasteiger charge is -2.19. The molecule has 1 aliphatic heterocycles. The summed E-state index contributed by atoms with van der Waals surface area (Å²) in [6, 6.07) is 9.79. The molecule has 0 unspecified atom stereocenters. The van der Waals surface area contributed by atoms with Crippen LogP contribution >= 0.6 is 23.2 Å². The van der Waals surface area contributed by atoms with Gasteiger partial charge in [-0.15, -0.1) is 0 Å². The highest BCUT2D eigenvalue weighted by Gasteiger charge is 2.30. The van der Waals surface area contributed by atoms with Crippen LogP contribution in [0, 0.1) is 5.82 Å². The third-order valence-electron chi connectivity index (χ3n) is 3.33. The molecule has 0 saturated heterocycles. The molecule has 2 nitrogen and oxygen atoms in total. The van der Waals surface area contributed by atoms with E-state index in [0.717, 1.165) is 5.56 Å². The van der Waals surface area contributed by atoms with E-state index in [4.69, 9.17) is 23.2 Å². The van der Waals surface area contributed by atoms with Gasteiger partial charge in [0.15, 0.2) is 0 Å². The van der Waals surface area contributed by atoms with E-state index in [1.807, 2.05) is 0 Å². The zero-order valence-corrected chi connectivity index (χ0v) is 11.9. The van der Waals surface area contributed by atoms with Crippen LogP contribution in [-0.2, 0) is 17.8 Å². The second-order valence-corrected chi connectivity index (χ2v) is 5.48. The number of hydrogen-bond acceptors (Lipinski definition) is 1. The molecule has 5 heteroatoms. The summed E-state index contributed by atoms with van der Waals surface area (Å²) in [5.74, 6) is -0.519. The molecule has 0 atom stereocenters.